The Bertz CT molecular complexity index is 241. The van der Waals surface area contributed by atoms with Crippen molar-refractivity contribution >= 4 is 5.91 Å². The molecule has 0 aliphatic carbocycles. The van der Waals surface area contributed by atoms with E-state index in [0.717, 1.165) is 19.5 Å². The number of likely N-dealkylation sites (N-methyl/N-ethyl adjacent to an activating group) is 1. The van der Waals surface area contributed by atoms with Gasteiger partial charge in [-0.05, 0) is 47.7 Å². The molecule has 0 saturated carbocycles. The third kappa shape index (κ3) is 3.76. The minimum absolute atomic E-state index is 0.0656. The van der Waals surface area contributed by atoms with Crippen LogP contribution < -0.4 is 10.6 Å². The van der Waals surface area contributed by atoms with Crippen LogP contribution in [-0.4, -0.2) is 48.6 Å². The summed E-state index contributed by atoms with van der Waals surface area (Å²) in [5.41, 5.74) is -0.153. The molecule has 1 aliphatic heterocycles. The maximum atomic E-state index is 12.0. The number of nitrogens with zero attached hydrogens (tertiary/aromatic N) is 1. The van der Waals surface area contributed by atoms with Crippen LogP contribution in [0.2, 0.25) is 0 Å². The van der Waals surface area contributed by atoms with Crippen LogP contribution in [-0.2, 0) is 4.79 Å². The fraction of sp³-hybridized carbons (Fsp3) is 0.917. The van der Waals surface area contributed by atoms with Crippen LogP contribution in [0.1, 0.15) is 34.1 Å². The van der Waals surface area contributed by atoms with Gasteiger partial charge < -0.3 is 10.6 Å². The van der Waals surface area contributed by atoms with Gasteiger partial charge in [-0.1, -0.05) is 0 Å². The number of nitrogens with one attached hydrogen (secondary N) is 2. The summed E-state index contributed by atoms with van der Waals surface area (Å²) in [5, 5.41) is 6.34. The lowest BCUT2D eigenvalue weighted by molar-refractivity contribution is -0.127. The molecular formula is C12H25N3O. The average Bonchev–Trinajstić information content (AvgIpc) is 2.65. The predicted molar refractivity (Wildman–Crippen MR) is 66.4 cm³/mol. The van der Waals surface area contributed by atoms with Gasteiger partial charge >= 0.3 is 0 Å². The highest BCUT2D eigenvalue weighted by molar-refractivity contribution is 5.81. The summed E-state index contributed by atoms with van der Waals surface area (Å²) in [4.78, 5) is 14.2. The van der Waals surface area contributed by atoms with E-state index in [-0.39, 0.29) is 17.5 Å². The molecule has 4 nitrogen and oxygen atoms in total. The fourth-order valence-corrected chi connectivity index (χ4v) is 1.96. The van der Waals surface area contributed by atoms with Crippen LogP contribution in [0.4, 0.5) is 0 Å². The maximum absolute atomic E-state index is 12.0. The Morgan fingerprint density at radius 2 is 2.12 bits per heavy atom. The van der Waals surface area contributed by atoms with Gasteiger partial charge in [0.25, 0.3) is 0 Å². The molecule has 0 spiro atoms. The monoisotopic (exact) mass is 227 g/mol. The minimum atomic E-state index is -0.153. The molecule has 4 heteroatoms. The molecule has 16 heavy (non-hydrogen) atoms. The van der Waals surface area contributed by atoms with Gasteiger partial charge in [-0.2, -0.15) is 0 Å². The van der Waals surface area contributed by atoms with Gasteiger partial charge in [-0.25, -0.2) is 0 Å². The third-order valence-corrected chi connectivity index (χ3v) is 3.10. The molecule has 2 N–H and O–H groups in total. The zero-order chi connectivity index (χ0) is 12.3. The van der Waals surface area contributed by atoms with Gasteiger partial charge in [0.15, 0.2) is 0 Å². The van der Waals surface area contributed by atoms with Crippen LogP contribution in [0.5, 0.6) is 0 Å². The molecule has 2 unspecified atom stereocenters. The first-order chi connectivity index (χ1) is 7.31. The Morgan fingerprint density at radius 3 is 2.56 bits per heavy atom. The topological polar surface area (TPSA) is 44.4 Å². The van der Waals surface area contributed by atoms with Gasteiger partial charge in [0.1, 0.15) is 0 Å². The van der Waals surface area contributed by atoms with E-state index in [4.69, 9.17) is 0 Å². The van der Waals surface area contributed by atoms with Crippen molar-refractivity contribution < 1.29 is 4.79 Å². The molecule has 1 heterocycles. The number of hydrogen-bond acceptors (Lipinski definition) is 3. The largest absolute Gasteiger partial charge is 0.350 e. The summed E-state index contributed by atoms with van der Waals surface area (Å²) in [6.07, 6.45) is 1.13. The highest BCUT2D eigenvalue weighted by atomic mass is 16.2. The van der Waals surface area contributed by atoms with Gasteiger partial charge in [0.2, 0.25) is 5.91 Å². The van der Waals surface area contributed by atoms with E-state index < -0.39 is 0 Å². The first-order valence-corrected chi connectivity index (χ1v) is 6.06. The molecule has 0 bridgehead atoms. The van der Waals surface area contributed by atoms with E-state index >= 15 is 0 Å². The van der Waals surface area contributed by atoms with Crippen molar-refractivity contribution in [1.29, 1.82) is 0 Å². The first-order valence-electron chi connectivity index (χ1n) is 6.06. The predicted octanol–water partition coefficient (Wildman–Crippen LogP) is 0.583. The third-order valence-electron chi connectivity index (χ3n) is 3.10. The van der Waals surface area contributed by atoms with E-state index in [2.05, 4.69) is 15.5 Å². The lowest BCUT2D eigenvalue weighted by Gasteiger charge is -2.31. The van der Waals surface area contributed by atoms with E-state index in [9.17, 15) is 4.79 Å². The van der Waals surface area contributed by atoms with Crippen molar-refractivity contribution in [2.75, 3.05) is 20.1 Å². The van der Waals surface area contributed by atoms with Crippen LogP contribution >= 0.6 is 0 Å². The van der Waals surface area contributed by atoms with E-state index in [1.165, 1.54) is 0 Å². The number of carbonyl (C=O) groups is 1. The molecule has 1 aliphatic rings. The summed E-state index contributed by atoms with van der Waals surface area (Å²) in [7, 11) is 2.03. The zero-order valence-corrected chi connectivity index (χ0v) is 11.1. The highest BCUT2D eigenvalue weighted by Gasteiger charge is 2.28. The van der Waals surface area contributed by atoms with Crippen LogP contribution in [0.25, 0.3) is 0 Å². The summed E-state index contributed by atoms with van der Waals surface area (Å²) >= 11 is 0. The summed E-state index contributed by atoms with van der Waals surface area (Å²) in [5.74, 6) is 0.113. The molecule has 1 saturated heterocycles. The van der Waals surface area contributed by atoms with Crippen molar-refractivity contribution in [3.05, 3.63) is 0 Å². The smallest absolute Gasteiger partial charge is 0.237 e. The molecule has 0 aromatic heterocycles. The maximum Gasteiger partial charge on any atom is 0.237 e. The molecular weight excluding hydrogens is 202 g/mol. The molecule has 1 fully saturated rings. The first kappa shape index (κ1) is 13.5. The second-order valence-corrected chi connectivity index (χ2v) is 5.73. The summed E-state index contributed by atoms with van der Waals surface area (Å²) in [6.45, 7) is 10.0. The van der Waals surface area contributed by atoms with Crippen LogP contribution in [0, 0.1) is 0 Å². The quantitative estimate of drug-likeness (QED) is 0.741. The van der Waals surface area contributed by atoms with Crippen molar-refractivity contribution in [3.63, 3.8) is 0 Å². The zero-order valence-electron chi connectivity index (χ0n) is 11.1. The number of rotatable bonds is 3. The Labute approximate surface area is 98.8 Å². The molecule has 0 aromatic carbocycles. The van der Waals surface area contributed by atoms with Crippen molar-refractivity contribution in [2.24, 2.45) is 0 Å². The number of hydrogen-bond donors (Lipinski definition) is 2. The number of amides is 1. The molecule has 0 radical (unpaired) electrons. The van der Waals surface area contributed by atoms with E-state index in [1.54, 1.807) is 0 Å². The molecule has 94 valence electrons. The second kappa shape index (κ2) is 5.15. The SMILES string of the molecule is CC(C(=O)NC(C)(C)C)N(C)C1CCNC1. The molecule has 2 atom stereocenters. The molecule has 1 rings (SSSR count). The van der Waals surface area contributed by atoms with Crippen LogP contribution in [0.15, 0.2) is 0 Å². The van der Waals surface area contributed by atoms with Gasteiger partial charge in [0.05, 0.1) is 6.04 Å². The normalized spacial score (nSPS) is 23.5. The van der Waals surface area contributed by atoms with Gasteiger partial charge in [-0.15, -0.1) is 0 Å². The summed E-state index contributed by atoms with van der Waals surface area (Å²) in [6, 6.07) is 0.421. The molecule has 1 amide bonds. The van der Waals surface area contributed by atoms with Crippen LogP contribution in [0.3, 0.4) is 0 Å². The average molecular weight is 227 g/mol. The Kier molecular flexibility index (Phi) is 4.33. The number of carbonyl (C=O) groups excluding carboxylic acids is 1. The fourth-order valence-electron chi connectivity index (χ4n) is 1.96. The minimum Gasteiger partial charge on any atom is -0.350 e. The van der Waals surface area contributed by atoms with Crippen molar-refractivity contribution in [2.45, 2.75) is 51.7 Å². The molecule has 0 aromatic rings. The van der Waals surface area contributed by atoms with Gasteiger partial charge in [-0.3, -0.25) is 9.69 Å². The van der Waals surface area contributed by atoms with Crippen molar-refractivity contribution in [3.8, 4) is 0 Å². The Balaban J connectivity index is 2.49. The van der Waals surface area contributed by atoms with E-state index in [0.29, 0.717) is 6.04 Å². The standard InChI is InChI=1S/C12H25N3O/c1-9(11(16)14-12(2,3)4)15(5)10-6-7-13-8-10/h9-10,13H,6-8H2,1-5H3,(H,14,16). The Morgan fingerprint density at radius 1 is 1.50 bits per heavy atom. The lowest BCUT2D eigenvalue weighted by Crippen LogP contribution is -2.52. The lowest BCUT2D eigenvalue weighted by atomic mass is 10.1. The highest BCUT2D eigenvalue weighted by Crippen LogP contribution is 2.11. The Hall–Kier alpha value is -0.610. The second-order valence-electron chi connectivity index (χ2n) is 5.73. The van der Waals surface area contributed by atoms with Crippen molar-refractivity contribution in [1.82, 2.24) is 15.5 Å². The summed E-state index contributed by atoms with van der Waals surface area (Å²) < 4.78 is 0. The van der Waals surface area contributed by atoms with Gasteiger partial charge in [0, 0.05) is 18.1 Å². The van der Waals surface area contributed by atoms with E-state index in [1.807, 2.05) is 34.7 Å².